The Kier molecular flexibility index (Phi) is 6.47. The molecular weight excluding hydrogens is 504 g/mol. The summed E-state index contributed by atoms with van der Waals surface area (Å²) in [6.07, 6.45) is -0.494. The highest BCUT2D eigenvalue weighted by Gasteiger charge is 2.35. The van der Waals surface area contributed by atoms with Gasteiger partial charge in [0.1, 0.15) is 24.3 Å². The molecule has 4 aromatic carbocycles. The summed E-state index contributed by atoms with van der Waals surface area (Å²) < 4.78 is 12.8. The smallest absolute Gasteiger partial charge is 0.262 e. The van der Waals surface area contributed by atoms with Crippen molar-refractivity contribution in [2.75, 3.05) is 17.3 Å². The lowest BCUT2D eigenvalue weighted by Gasteiger charge is -2.39. The molecule has 5 rings (SSSR count). The molecule has 35 heavy (non-hydrogen) atoms. The highest BCUT2D eigenvalue weighted by atomic mass is 79.9. The van der Waals surface area contributed by atoms with Crippen molar-refractivity contribution in [2.45, 2.75) is 19.7 Å². The first kappa shape index (κ1) is 23.0. The largest absolute Gasteiger partial charge is 0.497 e. The van der Waals surface area contributed by atoms with Crippen LogP contribution < -0.4 is 19.7 Å². The van der Waals surface area contributed by atoms with Crippen LogP contribution in [-0.2, 0) is 6.61 Å². The van der Waals surface area contributed by atoms with E-state index in [9.17, 15) is 4.79 Å². The lowest BCUT2D eigenvalue weighted by atomic mass is 10.0. The number of rotatable bonds is 6. The molecular formula is C29H25BrN2O3. The Morgan fingerprint density at radius 2 is 1.77 bits per heavy atom. The van der Waals surface area contributed by atoms with Crippen LogP contribution in [0.1, 0.15) is 33.2 Å². The normalized spacial score (nSPS) is 14.8. The van der Waals surface area contributed by atoms with Crippen LogP contribution in [0.4, 0.5) is 11.4 Å². The Hall–Kier alpha value is -3.77. The van der Waals surface area contributed by atoms with E-state index in [1.807, 2.05) is 97.9 Å². The predicted molar refractivity (Wildman–Crippen MR) is 142 cm³/mol. The van der Waals surface area contributed by atoms with Gasteiger partial charge in [-0.1, -0.05) is 52.3 Å². The Balaban J connectivity index is 1.60. The summed E-state index contributed by atoms with van der Waals surface area (Å²) in [5.74, 6) is 1.29. The maximum atomic E-state index is 13.8. The van der Waals surface area contributed by atoms with E-state index in [0.29, 0.717) is 23.7 Å². The SMILES string of the molecule is COc1ccc(OCc2cccc(Br)c2)c([C@@H]2Nc3ccccc3C(=O)N2c2cccc(C)c2)c1. The van der Waals surface area contributed by atoms with Crippen LogP contribution in [0.3, 0.4) is 0 Å². The van der Waals surface area contributed by atoms with Gasteiger partial charge in [-0.05, 0) is 72.6 Å². The number of nitrogens with one attached hydrogen (secondary N) is 1. The zero-order valence-electron chi connectivity index (χ0n) is 19.5. The number of benzene rings is 4. The van der Waals surface area contributed by atoms with Gasteiger partial charge in [0.05, 0.1) is 12.7 Å². The number of hydrogen-bond acceptors (Lipinski definition) is 4. The number of fused-ring (bicyclic) bond motifs is 1. The van der Waals surface area contributed by atoms with Crippen LogP contribution in [0.5, 0.6) is 11.5 Å². The molecule has 0 radical (unpaired) electrons. The third kappa shape index (κ3) is 4.75. The average Bonchev–Trinajstić information content (AvgIpc) is 2.87. The number of ether oxygens (including phenoxy) is 2. The number of carbonyl (C=O) groups excluding carboxylic acids is 1. The Morgan fingerprint density at radius 3 is 2.57 bits per heavy atom. The number of amides is 1. The van der Waals surface area contributed by atoms with Crippen LogP contribution in [0.15, 0.2) is 95.5 Å². The first-order chi connectivity index (χ1) is 17.0. The lowest BCUT2D eigenvalue weighted by molar-refractivity contribution is 0.0974. The second-order valence-electron chi connectivity index (χ2n) is 8.43. The van der Waals surface area contributed by atoms with Gasteiger partial charge in [-0.15, -0.1) is 0 Å². The van der Waals surface area contributed by atoms with E-state index in [4.69, 9.17) is 9.47 Å². The molecule has 0 spiro atoms. The molecule has 1 aliphatic heterocycles. The molecule has 176 valence electrons. The summed E-state index contributed by atoms with van der Waals surface area (Å²) in [5, 5.41) is 3.57. The minimum atomic E-state index is -0.494. The van der Waals surface area contributed by atoms with E-state index in [1.54, 1.807) is 12.0 Å². The Morgan fingerprint density at radius 1 is 0.943 bits per heavy atom. The first-order valence-corrected chi connectivity index (χ1v) is 12.1. The van der Waals surface area contributed by atoms with E-state index in [0.717, 1.165) is 32.5 Å². The number of anilines is 2. The quantitative estimate of drug-likeness (QED) is 0.289. The van der Waals surface area contributed by atoms with E-state index in [2.05, 4.69) is 21.2 Å². The molecule has 0 aromatic heterocycles. The van der Waals surface area contributed by atoms with E-state index in [1.165, 1.54) is 0 Å². The third-order valence-corrected chi connectivity index (χ3v) is 6.49. The van der Waals surface area contributed by atoms with Gasteiger partial charge in [0.2, 0.25) is 0 Å². The molecule has 1 heterocycles. The standard InChI is InChI=1S/C29H25BrN2O3/c1-19-7-5-10-22(15-19)32-28(31-26-12-4-3-11-24(26)29(32)33)25-17-23(34-2)13-14-27(25)35-18-20-8-6-9-21(30)16-20/h3-17,28,31H,18H2,1-2H3/t28-/m1/s1. The van der Waals surface area contributed by atoms with Gasteiger partial charge in [-0.2, -0.15) is 0 Å². The van der Waals surface area contributed by atoms with E-state index >= 15 is 0 Å². The fraction of sp³-hybridized carbons (Fsp3) is 0.138. The van der Waals surface area contributed by atoms with Gasteiger partial charge in [0.25, 0.3) is 5.91 Å². The minimum absolute atomic E-state index is 0.0734. The number of hydrogen-bond donors (Lipinski definition) is 1. The van der Waals surface area contributed by atoms with Gasteiger partial charge in [-0.25, -0.2) is 0 Å². The third-order valence-electron chi connectivity index (χ3n) is 6.00. The average molecular weight is 529 g/mol. The Labute approximate surface area is 213 Å². The molecule has 0 aliphatic carbocycles. The fourth-order valence-electron chi connectivity index (χ4n) is 4.30. The second kappa shape index (κ2) is 9.84. The van der Waals surface area contributed by atoms with Gasteiger partial charge >= 0.3 is 0 Å². The molecule has 0 saturated carbocycles. The van der Waals surface area contributed by atoms with Crippen LogP contribution >= 0.6 is 15.9 Å². The summed E-state index contributed by atoms with van der Waals surface area (Å²) in [6, 6.07) is 29.2. The molecule has 0 saturated heterocycles. The van der Waals surface area contributed by atoms with Crippen molar-refractivity contribution < 1.29 is 14.3 Å². The van der Waals surface area contributed by atoms with Gasteiger partial charge in [0, 0.05) is 21.4 Å². The van der Waals surface area contributed by atoms with Crippen molar-refractivity contribution in [1.29, 1.82) is 0 Å². The molecule has 0 unspecified atom stereocenters. The van der Waals surface area contributed by atoms with Crippen molar-refractivity contribution in [2.24, 2.45) is 0 Å². The lowest BCUT2D eigenvalue weighted by Crippen LogP contribution is -2.43. The monoisotopic (exact) mass is 528 g/mol. The zero-order valence-corrected chi connectivity index (χ0v) is 21.1. The van der Waals surface area contributed by atoms with E-state index < -0.39 is 6.17 Å². The number of methoxy groups -OCH3 is 1. The summed E-state index contributed by atoms with van der Waals surface area (Å²) in [7, 11) is 1.63. The fourth-order valence-corrected chi connectivity index (χ4v) is 4.75. The van der Waals surface area contributed by atoms with Crippen molar-refractivity contribution in [3.63, 3.8) is 0 Å². The molecule has 1 N–H and O–H groups in total. The maximum Gasteiger partial charge on any atom is 0.262 e. The van der Waals surface area contributed by atoms with Crippen molar-refractivity contribution in [3.05, 3.63) is 118 Å². The molecule has 1 atom stereocenters. The molecule has 1 aliphatic rings. The Bertz CT molecular complexity index is 1390. The number of carbonyl (C=O) groups is 1. The van der Waals surface area contributed by atoms with Gasteiger partial charge in [-0.3, -0.25) is 9.69 Å². The van der Waals surface area contributed by atoms with E-state index in [-0.39, 0.29) is 5.91 Å². The molecule has 0 fully saturated rings. The minimum Gasteiger partial charge on any atom is -0.497 e. The van der Waals surface area contributed by atoms with Crippen LogP contribution in [-0.4, -0.2) is 13.0 Å². The molecule has 4 aromatic rings. The highest BCUT2D eigenvalue weighted by Crippen LogP contribution is 2.41. The number of para-hydroxylation sites is 1. The van der Waals surface area contributed by atoms with Crippen LogP contribution in [0.25, 0.3) is 0 Å². The summed E-state index contributed by atoms with van der Waals surface area (Å²) >= 11 is 3.52. The first-order valence-electron chi connectivity index (χ1n) is 11.3. The molecule has 0 bridgehead atoms. The summed E-state index contributed by atoms with van der Waals surface area (Å²) in [5.41, 5.74) is 5.14. The van der Waals surface area contributed by atoms with Crippen LogP contribution in [0.2, 0.25) is 0 Å². The summed E-state index contributed by atoms with van der Waals surface area (Å²) in [6.45, 7) is 2.41. The van der Waals surface area contributed by atoms with Crippen molar-refractivity contribution in [3.8, 4) is 11.5 Å². The maximum absolute atomic E-state index is 13.8. The van der Waals surface area contributed by atoms with Crippen LogP contribution in [0, 0.1) is 6.92 Å². The number of halogens is 1. The van der Waals surface area contributed by atoms with Gasteiger partial charge < -0.3 is 14.8 Å². The number of aryl methyl sites for hydroxylation is 1. The molecule has 1 amide bonds. The highest BCUT2D eigenvalue weighted by molar-refractivity contribution is 9.10. The molecule has 6 heteroatoms. The zero-order chi connectivity index (χ0) is 24.4. The van der Waals surface area contributed by atoms with Gasteiger partial charge in [0.15, 0.2) is 0 Å². The van der Waals surface area contributed by atoms with Crippen molar-refractivity contribution >= 4 is 33.2 Å². The number of nitrogens with zero attached hydrogens (tertiary/aromatic N) is 1. The predicted octanol–water partition coefficient (Wildman–Crippen LogP) is 7.12. The second-order valence-corrected chi connectivity index (χ2v) is 9.34. The van der Waals surface area contributed by atoms with Crippen molar-refractivity contribution in [1.82, 2.24) is 0 Å². The summed E-state index contributed by atoms with van der Waals surface area (Å²) in [4.78, 5) is 15.6. The topological polar surface area (TPSA) is 50.8 Å². The molecule has 5 nitrogen and oxygen atoms in total.